The van der Waals surface area contributed by atoms with Crippen molar-refractivity contribution >= 4 is 21.6 Å². The summed E-state index contributed by atoms with van der Waals surface area (Å²) >= 11 is 0. The molecule has 8 nitrogen and oxygen atoms in total. The summed E-state index contributed by atoms with van der Waals surface area (Å²) < 4.78 is 51.2. The van der Waals surface area contributed by atoms with Gasteiger partial charge in [0.15, 0.2) is 0 Å². The van der Waals surface area contributed by atoms with Gasteiger partial charge in [0.05, 0.1) is 4.90 Å². The van der Waals surface area contributed by atoms with E-state index in [-0.39, 0.29) is 34.2 Å². The second-order valence-corrected chi connectivity index (χ2v) is 9.62. The Morgan fingerprint density at radius 3 is 2.30 bits per heavy atom. The minimum absolute atomic E-state index is 0.00985. The van der Waals surface area contributed by atoms with Crippen LogP contribution in [-0.4, -0.2) is 64.1 Å². The van der Waals surface area contributed by atoms with E-state index in [9.17, 15) is 17.6 Å². The zero-order valence-corrected chi connectivity index (χ0v) is 19.1. The third kappa shape index (κ3) is 4.76. The largest absolute Gasteiger partial charge is 0.419 e. The lowest BCUT2D eigenvalue weighted by atomic mass is 10.2. The van der Waals surface area contributed by atoms with Crippen molar-refractivity contribution in [2.24, 2.45) is 0 Å². The molecule has 1 aliphatic heterocycles. The van der Waals surface area contributed by atoms with Gasteiger partial charge < -0.3 is 19.0 Å². The minimum Gasteiger partial charge on any atom is -0.419 e. The number of hydrogen-bond donors (Lipinski definition) is 0. The van der Waals surface area contributed by atoms with E-state index in [1.54, 1.807) is 21.9 Å². The van der Waals surface area contributed by atoms with Gasteiger partial charge >= 0.3 is 0 Å². The highest BCUT2D eigenvalue weighted by molar-refractivity contribution is 7.91. The molecule has 1 fully saturated rings. The lowest BCUT2D eigenvalue weighted by molar-refractivity contribution is -0.135. The summed E-state index contributed by atoms with van der Waals surface area (Å²) in [5.74, 6) is -0.369. The second kappa shape index (κ2) is 9.32. The molecule has 0 saturated carbocycles. The maximum atomic E-state index is 13.5. The van der Waals surface area contributed by atoms with Crippen molar-refractivity contribution in [3.63, 3.8) is 0 Å². The van der Waals surface area contributed by atoms with Crippen molar-refractivity contribution < 1.29 is 26.8 Å². The number of amides is 1. The summed E-state index contributed by atoms with van der Waals surface area (Å²) in [6.07, 6.45) is 0. The maximum Gasteiger partial charge on any atom is 0.248 e. The fraction of sp³-hybridized carbons (Fsp3) is 0.304. The zero-order chi connectivity index (χ0) is 23.6. The first-order valence-electron chi connectivity index (χ1n) is 10.4. The number of hydrogen-bond acceptors (Lipinski definition) is 7. The van der Waals surface area contributed by atoms with Crippen molar-refractivity contribution in [2.75, 3.05) is 44.8 Å². The van der Waals surface area contributed by atoms with Gasteiger partial charge in [-0.15, -0.1) is 0 Å². The van der Waals surface area contributed by atoms with Gasteiger partial charge in [-0.25, -0.2) is 12.8 Å². The molecular weight excluding hydrogens is 449 g/mol. The Bertz CT molecular complexity index is 1230. The highest BCUT2D eigenvalue weighted by atomic mass is 32.2. The highest BCUT2D eigenvalue weighted by Crippen LogP contribution is 2.35. The molecule has 0 spiro atoms. The number of carbonyl (C=O) groups excluding carboxylic acids is 1. The Morgan fingerprint density at radius 1 is 1.06 bits per heavy atom. The first-order valence-corrected chi connectivity index (χ1v) is 11.9. The minimum atomic E-state index is -3.99. The Morgan fingerprint density at radius 2 is 1.70 bits per heavy atom. The zero-order valence-electron chi connectivity index (χ0n) is 18.3. The van der Waals surface area contributed by atoms with Crippen LogP contribution in [-0.2, 0) is 19.4 Å². The van der Waals surface area contributed by atoms with Gasteiger partial charge in [-0.1, -0.05) is 17.7 Å². The molecule has 1 saturated heterocycles. The van der Waals surface area contributed by atoms with Gasteiger partial charge in [0.2, 0.25) is 32.5 Å². The number of rotatable bonds is 6. The summed E-state index contributed by atoms with van der Waals surface area (Å²) in [5, 5.41) is -0.206. The number of benzene rings is 2. The van der Waals surface area contributed by atoms with Gasteiger partial charge in [-0.2, -0.15) is 4.98 Å². The molecule has 1 aromatic heterocycles. The molecule has 0 unspecified atom stereocenters. The SMILES string of the molecule is COCC(=O)N1CCN(c2oc(-c3ccc(F)cc3)nc2S(=O)(=O)c2ccc(C)cc2)CC1. The molecule has 1 aliphatic rings. The number of nitrogens with zero attached hydrogens (tertiary/aromatic N) is 3. The van der Waals surface area contributed by atoms with Crippen LogP contribution in [0.5, 0.6) is 0 Å². The molecule has 0 bridgehead atoms. The van der Waals surface area contributed by atoms with Gasteiger partial charge in [0, 0.05) is 38.9 Å². The van der Waals surface area contributed by atoms with Crippen molar-refractivity contribution in [1.82, 2.24) is 9.88 Å². The van der Waals surface area contributed by atoms with Crippen LogP contribution in [0.3, 0.4) is 0 Å². The normalized spacial score (nSPS) is 14.5. The van der Waals surface area contributed by atoms with Crippen LogP contribution in [0, 0.1) is 12.7 Å². The van der Waals surface area contributed by atoms with Crippen molar-refractivity contribution in [3.05, 3.63) is 59.9 Å². The van der Waals surface area contributed by atoms with E-state index in [0.717, 1.165) is 5.56 Å². The summed E-state index contributed by atoms with van der Waals surface area (Å²) in [5.41, 5.74) is 1.38. The smallest absolute Gasteiger partial charge is 0.248 e. The van der Waals surface area contributed by atoms with Crippen LogP contribution in [0.25, 0.3) is 11.5 Å². The number of aromatic nitrogens is 1. The third-order valence-electron chi connectivity index (χ3n) is 5.44. The lowest BCUT2D eigenvalue weighted by Gasteiger charge is -2.34. The molecule has 174 valence electrons. The quantitative estimate of drug-likeness (QED) is 0.543. The van der Waals surface area contributed by atoms with Crippen LogP contribution in [0.2, 0.25) is 0 Å². The molecule has 0 atom stereocenters. The van der Waals surface area contributed by atoms with Crippen LogP contribution in [0.4, 0.5) is 10.3 Å². The number of anilines is 1. The van der Waals surface area contributed by atoms with Gasteiger partial charge in [-0.05, 0) is 43.3 Å². The van der Waals surface area contributed by atoms with Gasteiger partial charge in [0.1, 0.15) is 12.4 Å². The van der Waals surface area contributed by atoms with E-state index in [2.05, 4.69) is 4.98 Å². The van der Waals surface area contributed by atoms with E-state index in [1.807, 2.05) is 6.92 Å². The molecule has 33 heavy (non-hydrogen) atoms. The number of piperazine rings is 1. The van der Waals surface area contributed by atoms with E-state index >= 15 is 0 Å². The third-order valence-corrected chi connectivity index (χ3v) is 7.11. The van der Waals surface area contributed by atoms with Crippen LogP contribution >= 0.6 is 0 Å². The highest BCUT2D eigenvalue weighted by Gasteiger charge is 2.33. The fourth-order valence-corrected chi connectivity index (χ4v) is 4.91. The first-order chi connectivity index (χ1) is 15.8. The van der Waals surface area contributed by atoms with Crippen molar-refractivity contribution in [2.45, 2.75) is 16.8 Å². The fourth-order valence-electron chi connectivity index (χ4n) is 3.59. The molecule has 3 aromatic rings. The van der Waals surface area contributed by atoms with E-state index in [0.29, 0.717) is 31.7 Å². The molecule has 0 N–H and O–H groups in total. The molecule has 10 heteroatoms. The molecule has 2 heterocycles. The number of ether oxygens (including phenoxy) is 1. The van der Waals surface area contributed by atoms with Gasteiger partial charge in [0.25, 0.3) is 0 Å². The predicted octanol–water partition coefficient (Wildman–Crippen LogP) is 2.92. The summed E-state index contributed by atoms with van der Waals surface area (Å²) in [6, 6.07) is 12.0. The van der Waals surface area contributed by atoms with Crippen LogP contribution in [0.15, 0.2) is 62.9 Å². The number of carbonyl (C=O) groups is 1. The second-order valence-electron chi connectivity index (χ2n) is 7.75. The monoisotopic (exact) mass is 473 g/mol. The number of oxazole rings is 1. The van der Waals surface area contributed by atoms with E-state index < -0.39 is 15.7 Å². The number of methoxy groups -OCH3 is 1. The molecular formula is C23H24FN3O5S. The standard InChI is InChI=1S/C23H24FN3O5S/c1-16-3-9-19(10-4-16)33(29,30)22-23(27-13-11-26(12-14-27)20(28)15-31-2)32-21(25-22)17-5-7-18(24)8-6-17/h3-10H,11-15H2,1-2H3. The lowest BCUT2D eigenvalue weighted by Crippen LogP contribution is -2.49. The molecule has 0 aliphatic carbocycles. The first kappa shape index (κ1) is 22.9. The molecule has 2 aromatic carbocycles. The summed E-state index contributed by atoms with van der Waals surface area (Å²) in [4.78, 5) is 20.0. The Balaban J connectivity index is 1.72. The Kier molecular flexibility index (Phi) is 6.48. The number of sulfone groups is 1. The predicted molar refractivity (Wildman–Crippen MR) is 119 cm³/mol. The average Bonchev–Trinajstić information content (AvgIpc) is 3.26. The summed E-state index contributed by atoms with van der Waals surface area (Å²) in [7, 11) is -2.53. The average molecular weight is 474 g/mol. The summed E-state index contributed by atoms with van der Waals surface area (Å²) in [6.45, 7) is 3.37. The number of aryl methyl sites for hydroxylation is 1. The van der Waals surface area contributed by atoms with Crippen molar-refractivity contribution in [3.8, 4) is 11.5 Å². The Labute approximate surface area is 191 Å². The maximum absolute atomic E-state index is 13.5. The Hall–Kier alpha value is -3.24. The molecule has 0 radical (unpaired) electrons. The van der Waals surface area contributed by atoms with Gasteiger partial charge in [-0.3, -0.25) is 4.79 Å². The topological polar surface area (TPSA) is 92.9 Å². The van der Waals surface area contributed by atoms with E-state index in [4.69, 9.17) is 9.15 Å². The van der Waals surface area contributed by atoms with E-state index in [1.165, 1.54) is 43.5 Å². The molecule has 4 rings (SSSR count). The van der Waals surface area contributed by atoms with Crippen molar-refractivity contribution in [1.29, 1.82) is 0 Å². The van der Waals surface area contributed by atoms with Crippen LogP contribution in [0.1, 0.15) is 5.56 Å². The van der Waals surface area contributed by atoms with Crippen LogP contribution < -0.4 is 4.90 Å². The molecule has 1 amide bonds. The number of halogens is 1.